The summed E-state index contributed by atoms with van der Waals surface area (Å²) >= 11 is 0. The third kappa shape index (κ3) is 2.56. The van der Waals surface area contributed by atoms with Crippen LogP contribution in [0.2, 0.25) is 0 Å². The topological polar surface area (TPSA) is 71.2 Å². The first kappa shape index (κ1) is 14.6. The second-order valence-electron chi connectivity index (χ2n) is 5.28. The van der Waals surface area contributed by atoms with Gasteiger partial charge in [0.2, 0.25) is 0 Å². The summed E-state index contributed by atoms with van der Waals surface area (Å²) < 4.78 is 0. The molecule has 0 radical (unpaired) electrons. The van der Waals surface area contributed by atoms with Crippen LogP contribution in [-0.2, 0) is 0 Å². The van der Waals surface area contributed by atoms with Crippen LogP contribution in [0.4, 0.5) is 11.4 Å². The number of nitrogens with two attached hydrogens (primary N) is 1. The van der Waals surface area contributed by atoms with Crippen LogP contribution in [-0.4, -0.2) is 21.7 Å². The lowest BCUT2D eigenvalue weighted by molar-refractivity contribution is 0.0181. The quantitative estimate of drug-likeness (QED) is 0.782. The Morgan fingerprint density at radius 1 is 1.30 bits per heavy atom. The van der Waals surface area contributed by atoms with Crippen LogP contribution in [0.25, 0.3) is 10.9 Å². The summed E-state index contributed by atoms with van der Waals surface area (Å²) in [6.45, 7) is 5.98. The number of hydrogen-bond acceptors (Lipinski definition) is 4. The molecule has 0 bridgehead atoms. The minimum Gasteiger partial charge on any atom is -0.396 e. The predicted octanol–water partition coefficient (Wildman–Crippen LogP) is 3.17. The molecule has 4 nitrogen and oxygen atoms in total. The number of pyridine rings is 1. The first-order valence-corrected chi connectivity index (χ1v) is 7.14. The van der Waals surface area contributed by atoms with Crippen molar-refractivity contribution in [2.75, 3.05) is 11.1 Å². The SMILES string of the molecule is CCC(O)(CC)C(C)Nc1c(N)cnc2ccccc12. The second-order valence-corrected chi connectivity index (χ2v) is 5.28. The van der Waals surface area contributed by atoms with E-state index in [-0.39, 0.29) is 6.04 Å². The molecule has 0 amide bonds. The number of benzene rings is 1. The highest BCUT2D eigenvalue weighted by molar-refractivity contribution is 5.96. The number of nitrogen functional groups attached to an aromatic ring is 1. The van der Waals surface area contributed by atoms with Crippen molar-refractivity contribution < 1.29 is 5.11 Å². The Morgan fingerprint density at radius 3 is 2.60 bits per heavy atom. The third-order valence-electron chi connectivity index (χ3n) is 4.20. The van der Waals surface area contributed by atoms with E-state index in [0.717, 1.165) is 16.6 Å². The van der Waals surface area contributed by atoms with Crippen molar-refractivity contribution in [3.63, 3.8) is 0 Å². The summed E-state index contributed by atoms with van der Waals surface area (Å²) in [5.74, 6) is 0. The van der Waals surface area contributed by atoms with Crippen molar-refractivity contribution in [2.24, 2.45) is 0 Å². The molecule has 0 spiro atoms. The molecule has 1 heterocycles. The minimum atomic E-state index is -0.739. The van der Waals surface area contributed by atoms with Crippen LogP contribution < -0.4 is 11.1 Å². The molecule has 0 saturated carbocycles. The van der Waals surface area contributed by atoms with Gasteiger partial charge in [-0.2, -0.15) is 0 Å². The van der Waals surface area contributed by atoms with Crippen molar-refractivity contribution in [3.05, 3.63) is 30.5 Å². The van der Waals surface area contributed by atoms with Gasteiger partial charge in [-0.3, -0.25) is 4.98 Å². The number of anilines is 2. The van der Waals surface area contributed by atoms with E-state index in [9.17, 15) is 5.11 Å². The first-order valence-electron chi connectivity index (χ1n) is 7.14. The number of fused-ring (bicyclic) bond motifs is 1. The maximum atomic E-state index is 10.6. The Morgan fingerprint density at radius 2 is 1.95 bits per heavy atom. The summed E-state index contributed by atoms with van der Waals surface area (Å²) in [6, 6.07) is 7.77. The van der Waals surface area contributed by atoms with Gasteiger partial charge >= 0.3 is 0 Å². The molecule has 0 aliphatic heterocycles. The van der Waals surface area contributed by atoms with Gasteiger partial charge in [0.1, 0.15) is 0 Å². The van der Waals surface area contributed by atoms with Gasteiger partial charge in [0.25, 0.3) is 0 Å². The summed E-state index contributed by atoms with van der Waals surface area (Å²) in [5, 5.41) is 15.0. The molecule has 0 aliphatic rings. The van der Waals surface area contributed by atoms with E-state index >= 15 is 0 Å². The number of nitrogens with zero attached hydrogens (tertiary/aromatic N) is 1. The van der Waals surface area contributed by atoms with E-state index in [1.54, 1.807) is 6.20 Å². The van der Waals surface area contributed by atoms with Crippen molar-refractivity contribution in [1.82, 2.24) is 4.98 Å². The Labute approximate surface area is 120 Å². The van der Waals surface area contributed by atoms with E-state index in [0.29, 0.717) is 18.5 Å². The fourth-order valence-corrected chi connectivity index (χ4v) is 2.53. The van der Waals surface area contributed by atoms with Gasteiger partial charge < -0.3 is 16.2 Å². The number of nitrogens with one attached hydrogen (secondary N) is 1. The Hall–Kier alpha value is -1.81. The van der Waals surface area contributed by atoms with Crippen molar-refractivity contribution in [2.45, 2.75) is 45.3 Å². The second kappa shape index (κ2) is 5.67. The zero-order valence-corrected chi connectivity index (χ0v) is 12.4. The van der Waals surface area contributed by atoms with E-state index in [2.05, 4.69) is 10.3 Å². The van der Waals surface area contributed by atoms with Gasteiger partial charge in [0.15, 0.2) is 0 Å². The molecule has 2 aromatic rings. The Balaban J connectivity index is 2.41. The lowest BCUT2D eigenvalue weighted by Crippen LogP contribution is -2.44. The standard InChI is InChI=1S/C16H23N3O/c1-4-16(20,5-2)11(3)19-15-12-8-6-7-9-14(12)18-10-13(15)17/h6-11,20H,4-5,17H2,1-3H3,(H,18,19). The molecular weight excluding hydrogens is 250 g/mol. The summed E-state index contributed by atoms with van der Waals surface area (Å²) in [4.78, 5) is 4.32. The van der Waals surface area contributed by atoms with Crippen molar-refractivity contribution in [1.29, 1.82) is 0 Å². The van der Waals surface area contributed by atoms with Gasteiger partial charge in [-0.25, -0.2) is 0 Å². The third-order valence-corrected chi connectivity index (χ3v) is 4.20. The number of aromatic nitrogens is 1. The Kier molecular flexibility index (Phi) is 4.14. The number of rotatable bonds is 5. The molecule has 4 N–H and O–H groups in total. The van der Waals surface area contributed by atoms with Gasteiger partial charge in [0.05, 0.1) is 34.7 Å². The molecule has 0 aliphatic carbocycles. The van der Waals surface area contributed by atoms with Crippen LogP contribution in [0.3, 0.4) is 0 Å². The zero-order valence-electron chi connectivity index (χ0n) is 12.4. The molecule has 0 fully saturated rings. The van der Waals surface area contributed by atoms with Crippen LogP contribution in [0.15, 0.2) is 30.5 Å². The van der Waals surface area contributed by atoms with Crippen LogP contribution >= 0.6 is 0 Å². The molecule has 108 valence electrons. The summed E-state index contributed by atoms with van der Waals surface area (Å²) in [7, 11) is 0. The molecule has 1 aromatic carbocycles. The molecule has 20 heavy (non-hydrogen) atoms. The normalized spacial score (nSPS) is 13.4. The highest BCUT2D eigenvalue weighted by Crippen LogP contribution is 2.31. The van der Waals surface area contributed by atoms with Crippen LogP contribution in [0.1, 0.15) is 33.6 Å². The lowest BCUT2D eigenvalue weighted by atomic mass is 9.89. The van der Waals surface area contributed by atoms with Gasteiger partial charge in [0, 0.05) is 5.39 Å². The van der Waals surface area contributed by atoms with E-state index in [1.807, 2.05) is 45.0 Å². The predicted molar refractivity (Wildman–Crippen MR) is 84.8 cm³/mol. The van der Waals surface area contributed by atoms with Gasteiger partial charge in [-0.05, 0) is 25.8 Å². The van der Waals surface area contributed by atoms with Gasteiger partial charge in [-0.1, -0.05) is 32.0 Å². The minimum absolute atomic E-state index is 0.0920. The highest BCUT2D eigenvalue weighted by Gasteiger charge is 2.30. The average molecular weight is 273 g/mol. The fraction of sp³-hybridized carbons (Fsp3) is 0.438. The highest BCUT2D eigenvalue weighted by atomic mass is 16.3. The number of hydrogen-bond donors (Lipinski definition) is 3. The largest absolute Gasteiger partial charge is 0.396 e. The lowest BCUT2D eigenvalue weighted by Gasteiger charge is -2.34. The van der Waals surface area contributed by atoms with E-state index < -0.39 is 5.60 Å². The van der Waals surface area contributed by atoms with Gasteiger partial charge in [-0.15, -0.1) is 0 Å². The monoisotopic (exact) mass is 273 g/mol. The fourth-order valence-electron chi connectivity index (χ4n) is 2.53. The molecule has 1 unspecified atom stereocenters. The molecular formula is C16H23N3O. The number of para-hydroxylation sites is 1. The molecule has 2 rings (SSSR count). The zero-order chi connectivity index (χ0) is 14.8. The number of aliphatic hydroxyl groups is 1. The van der Waals surface area contributed by atoms with E-state index in [4.69, 9.17) is 5.73 Å². The summed E-state index contributed by atoms with van der Waals surface area (Å²) in [5.41, 5.74) is 7.66. The molecule has 1 atom stereocenters. The maximum Gasteiger partial charge on any atom is 0.0839 e. The smallest absolute Gasteiger partial charge is 0.0839 e. The molecule has 4 heteroatoms. The van der Waals surface area contributed by atoms with Crippen LogP contribution in [0.5, 0.6) is 0 Å². The van der Waals surface area contributed by atoms with E-state index in [1.165, 1.54) is 0 Å². The molecule has 0 saturated heterocycles. The van der Waals surface area contributed by atoms with Crippen molar-refractivity contribution in [3.8, 4) is 0 Å². The van der Waals surface area contributed by atoms with Crippen molar-refractivity contribution >= 4 is 22.3 Å². The molecule has 1 aromatic heterocycles. The Bertz CT molecular complexity index is 593. The van der Waals surface area contributed by atoms with Crippen LogP contribution in [0, 0.1) is 0 Å². The maximum absolute atomic E-state index is 10.6. The average Bonchev–Trinajstić information content (AvgIpc) is 2.49. The first-order chi connectivity index (χ1) is 9.51. The summed E-state index contributed by atoms with van der Waals surface area (Å²) in [6.07, 6.45) is 3.05.